The second-order valence-electron chi connectivity index (χ2n) is 10.6. The number of aromatic nitrogens is 2. The zero-order valence-corrected chi connectivity index (χ0v) is 23.7. The van der Waals surface area contributed by atoms with Crippen LogP contribution in [-0.4, -0.2) is 61.6 Å². The van der Waals surface area contributed by atoms with Gasteiger partial charge in [-0.25, -0.2) is 22.6 Å². The number of alkyl carbamates (subject to hydrolysis) is 1. The highest BCUT2D eigenvalue weighted by Gasteiger charge is 2.34. The summed E-state index contributed by atoms with van der Waals surface area (Å²) in [5.74, 6) is -0.457. The first kappa shape index (κ1) is 29.0. The maximum Gasteiger partial charge on any atom is 0.407 e. The molecule has 10 nitrogen and oxygen atoms in total. The van der Waals surface area contributed by atoms with Crippen LogP contribution >= 0.6 is 0 Å². The summed E-state index contributed by atoms with van der Waals surface area (Å²) in [6.07, 6.45) is 2.40. The fourth-order valence-corrected chi connectivity index (χ4v) is 4.96. The van der Waals surface area contributed by atoms with Crippen molar-refractivity contribution in [2.45, 2.75) is 56.8 Å². The van der Waals surface area contributed by atoms with Gasteiger partial charge in [0, 0.05) is 30.9 Å². The summed E-state index contributed by atoms with van der Waals surface area (Å²) < 4.78 is 57.9. The largest absolute Gasteiger partial charge is 0.495 e. The van der Waals surface area contributed by atoms with Gasteiger partial charge in [-0.3, -0.25) is 4.40 Å². The first-order valence-corrected chi connectivity index (χ1v) is 13.5. The maximum absolute atomic E-state index is 15.1. The number of imidazole rings is 1. The van der Waals surface area contributed by atoms with Crippen LogP contribution in [0.1, 0.15) is 41.5 Å². The normalized spacial score (nSPS) is 12.3. The number of methoxy groups -OCH3 is 2. The Balaban J connectivity index is 1.98. The van der Waals surface area contributed by atoms with E-state index in [1.165, 1.54) is 38.7 Å². The lowest BCUT2D eigenvalue weighted by Crippen LogP contribution is -2.35. The number of halogens is 1. The number of amides is 1. The van der Waals surface area contributed by atoms with Crippen LogP contribution in [0.4, 0.5) is 14.9 Å². The van der Waals surface area contributed by atoms with E-state index in [2.05, 4.69) is 15.6 Å². The minimum atomic E-state index is -3.77. The van der Waals surface area contributed by atoms with Crippen molar-refractivity contribution in [3.05, 3.63) is 36.4 Å². The summed E-state index contributed by atoms with van der Waals surface area (Å²) in [5.41, 5.74) is 1.05. The molecule has 0 saturated carbocycles. The number of carbonyl (C=O) groups excluding carboxylic acids is 1. The summed E-state index contributed by atoms with van der Waals surface area (Å²) in [7, 11) is -1.02. The van der Waals surface area contributed by atoms with E-state index in [1.54, 1.807) is 52.0 Å². The third-order valence-corrected chi connectivity index (χ3v) is 8.04. The number of benzene rings is 1. The van der Waals surface area contributed by atoms with Crippen LogP contribution in [0, 0.1) is 5.82 Å². The Bertz CT molecular complexity index is 1440. The molecule has 0 atom stereocenters. The van der Waals surface area contributed by atoms with E-state index in [0.29, 0.717) is 22.6 Å². The second kappa shape index (κ2) is 10.7. The van der Waals surface area contributed by atoms with E-state index in [-0.39, 0.29) is 29.5 Å². The fourth-order valence-electron chi connectivity index (χ4n) is 3.65. The van der Waals surface area contributed by atoms with Gasteiger partial charge in [0.25, 0.3) is 0 Å². The predicted molar refractivity (Wildman–Crippen MR) is 143 cm³/mol. The van der Waals surface area contributed by atoms with E-state index >= 15 is 4.39 Å². The zero-order chi connectivity index (χ0) is 28.5. The van der Waals surface area contributed by atoms with Gasteiger partial charge in [-0.05, 0) is 53.7 Å². The highest BCUT2D eigenvalue weighted by Crippen LogP contribution is 2.37. The van der Waals surface area contributed by atoms with Gasteiger partial charge in [-0.1, -0.05) is 0 Å². The summed E-state index contributed by atoms with van der Waals surface area (Å²) in [5, 5.41) is 5.70. The minimum absolute atomic E-state index is 0.000186. The monoisotopic (exact) mass is 550 g/mol. The number of nitrogens with zero attached hydrogens (tertiary/aromatic N) is 2. The number of rotatable bonds is 8. The Morgan fingerprint density at radius 1 is 1.05 bits per heavy atom. The van der Waals surface area contributed by atoms with E-state index in [1.807, 2.05) is 0 Å². The number of hydrogen-bond acceptors (Lipinski definition) is 8. The lowest BCUT2D eigenvalue weighted by molar-refractivity contribution is 0.0530. The number of fused-ring (bicyclic) bond motifs is 1. The molecule has 3 rings (SSSR count). The molecule has 0 aliphatic heterocycles. The van der Waals surface area contributed by atoms with Crippen LogP contribution in [0.25, 0.3) is 16.9 Å². The summed E-state index contributed by atoms with van der Waals surface area (Å²) >= 11 is 0. The molecule has 1 amide bonds. The standard InChI is InChI=1S/C26H35FN4O6S/c1-25(2,3)37-24(32)29-10-9-28-18-12-16(11-17(27)23(18)36-8)19-14-30-22-13-20(35-7)21(15-31(19)22)38(33,34)26(4,5)6/h11-15,28H,9-10H2,1-8H3,(H,29,32). The van der Waals surface area contributed by atoms with Gasteiger partial charge in [0.1, 0.15) is 21.9 Å². The Morgan fingerprint density at radius 3 is 2.32 bits per heavy atom. The number of carbonyl (C=O) groups is 1. The molecule has 3 aromatic rings. The van der Waals surface area contributed by atoms with Crippen molar-refractivity contribution >= 4 is 27.3 Å². The lowest BCUT2D eigenvalue weighted by Gasteiger charge is -2.21. The van der Waals surface area contributed by atoms with Crippen molar-refractivity contribution < 1.29 is 31.8 Å². The van der Waals surface area contributed by atoms with E-state index < -0.39 is 32.1 Å². The van der Waals surface area contributed by atoms with Gasteiger partial charge < -0.3 is 24.8 Å². The van der Waals surface area contributed by atoms with Gasteiger partial charge in [0.15, 0.2) is 21.4 Å². The summed E-state index contributed by atoms with van der Waals surface area (Å²) in [6, 6.07) is 4.49. The van der Waals surface area contributed by atoms with Crippen molar-refractivity contribution in [2.75, 3.05) is 32.6 Å². The number of hydrogen-bond donors (Lipinski definition) is 2. The van der Waals surface area contributed by atoms with Crippen molar-refractivity contribution in [2.24, 2.45) is 0 Å². The zero-order valence-electron chi connectivity index (χ0n) is 22.9. The Labute approximate surface area is 222 Å². The number of pyridine rings is 1. The van der Waals surface area contributed by atoms with Crippen LogP contribution in [0.5, 0.6) is 11.5 Å². The quantitative estimate of drug-likeness (QED) is 0.389. The minimum Gasteiger partial charge on any atom is -0.495 e. The first-order valence-electron chi connectivity index (χ1n) is 12.0. The Kier molecular flexibility index (Phi) is 8.16. The van der Waals surface area contributed by atoms with Crippen LogP contribution in [0.3, 0.4) is 0 Å². The van der Waals surface area contributed by atoms with Crippen molar-refractivity contribution in [3.63, 3.8) is 0 Å². The molecular weight excluding hydrogens is 515 g/mol. The van der Waals surface area contributed by atoms with Crippen molar-refractivity contribution in [1.82, 2.24) is 14.7 Å². The highest BCUT2D eigenvalue weighted by atomic mass is 32.2. The lowest BCUT2D eigenvalue weighted by atomic mass is 10.1. The Hall–Kier alpha value is -3.54. The van der Waals surface area contributed by atoms with E-state index in [0.717, 1.165) is 0 Å². The molecule has 0 unspecified atom stereocenters. The summed E-state index contributed by atoms with van der Waals surface area (Å²) in [6.45, 7) is 10.6. The van der Waals surface area contributed by atoms with E-state index in [9.17, 15) is 13.2 Å². The smallest absolute Gasteiger partial charge is 0.407 e. The van der Waals surface area contributed by atoms with Gasteiger partial charge in [0.05, 0.1) is 36.5 Å². The Morgan fingerprint density at radius 2 is 1.74 bits per heavy atom. The predicted octanol–water partition coefficient (Wildman–Crippen LogP) is 4.67. The van der Waals surface area contributed by atoms with Gasteiger partial charge in [0.2, 0.25) is 0 Å². The number of nitrogens with one attached hydrogen (secondary N) is 2. The van der Waals surface area contributed by atoms with Crippen molar-refractivity contribution in [3.8, 4) is 22.8 Å². The molecule has 0 saturated heterocycles. The molecule has 2 N–H and O–H groups in total. The second-order valence-corrected chi connectivity index (χ2v) is 13.3. The molecule has 0 bridgehead atoms. The van der Waals surface area contributed by atoms with Crippen LogP contribution in [-0.2, 0) is 14.6 Å². The topological polar surface area (TPSA) is 120 Å². The van der Waals surface area contributed by atoms with Gasteiger partial charge in [-0.2, -0.15) is 0 Å². The number of ether oxygens (including phenoxy) is 3. The molecule has 2 aromatic heterocycles. The number of anilines is 1. The average molecular weight is 551 g/mol. The first-order chi connectivity index (χ1) is 17.6. The van der Waals surface area contributed by atoms with Crippen molar-refractivity contribution in [1.29, 1.82) is 0 Å². The van der Waals surface area contributed by atoms with Crippen LogP contribution in [0.15, 0.2) is 35.5 Å². The molecule has 0 fully saturated rings. The van der Waals surface area contributed by atoms with E-state index in [4.69, 9.17) is 14.2 Å². The third-order valence-electron chi connectivity index (χ3n) is 5.54. The third kappa shape index (κ3) is 6.12. The molecular formula is C26H35FN4O6S. The van der Waals surface area contributed by atoms with Crippen LogP contribution in [0.2, 0.25) is 0 Å². The molecule has 38 heavy (non-hydrogen) atoms. The molecule has 1 aromatic carbocycles. The maximum atomic E-state index is 15.1. The fraction of sp³-hybridized carbons (Fsp3) is 0.462. The highest BCUT2D eigenvalue weighted by molar-refractivity contribution is 7.92. The molecule has 0 spiro atoms. The molecule has 0 radical (unpaired) electrons. The molecule has 2 heterocycles. The average Bonchev–Trinajstić information content (AvgIpc) is 3.21. The van der Waals surface area contributed by atoms with Gasteiger partial charge >= 0.3 is 6.09 Å². The molecule has 0 aliphatic carbocycles. The number of sulfone groups is 1. The molecule has 12 heteroatoms. The SMILES string of the molecule is COc1cc2ncc(-c3cc(F)c(OC)c(NCCNC(=O)OC(C)(C)C)c3)n2cc1S(=O)(=O)C(C)(C)C. The molecule has 0 aliphatic rings. The van der Waals surface area contributed by atoms with Gasteiger partial charge in [-0.15, -0.1) is 0 Å². The molecule has 208 valence electrons. The summed E-state index contributed by atoms with van der Waals surface area (Å²) in [4.78, 5) is 16.2. The van der Waals surface area contributed by atoms with Crippen LogP contribution < -0.4 is 20.1 Å².